The molecule has 2 heterocycles. The summed E-state index contributed by atoms with van der Waals surface area (Å²) in [5.41, 5.74) is 2.58. The first-order valence-corrected chi connectivity index (χ1v) is 5.28. The first kappa shape index (κ1) is 9.54. The van der Waals surface area contributed by atoms with Crippen molar-refractivity contribution < 1.29 is 8.91 Å². The molecule has 0 atom stereocenters. The number of benzene rings is 1. The van der Waals surface area contributed by atoms with Gasteiger partial charge in [-0.3, -0.25) is 0 Å². The fraction of sp³-hybridized carbons (Fsp3) is 0.250. The Morgan fingerprint density at radius 3 is 3.19 bits per heavy atom. The van der Waals surface area contributed by atoms with Crippen molar-refractivity contribution in [3.8, 4) is 11.3 Å². The first-order chi connectivity index (χ1) is 7.84. The van der Waals surface area contributed by atoms with E-state index < -0.39 is 0 Å². The molecule has 1 aromatic carbocycles. The van der Waals surface area contributed by atoms with Crippen LogP contribution in [-0.4, -0.2) is 11.7 Å². The minimum absolute atomic E-state index is 0.252. The summed E-state index contributed by atoms with van der Waals surface area (Å²) in [5.74, 6) is 0.663. The SMILES string of the molecule is Fc1cccc(-c2noc3c2CNCC3)c1. The minimum Gasteiger partial charge on any atom is -0.360 e. The van der Waals surface area contributed by atoms with Crippen LogP contribution in [0.15, 0.2) is 28.8 Å². The van der Waals surface area contributed by atoms with Gasteiger partial charge in [-0.1, -0.05) is 17.3 Å². The van der Waals surface area contributed by atoms with Gasteiger partial charge in [0.15, 0.2) is 0 Å². The van der Waals surface area contributed by atoms with E-state index in [-0.39, 0.29) is 5.82 Å². The molecule has 0 amide bonds. The number of nitrogens with one attached hydrogen (secondary N) is 1. The average Bonchev–Trinajstić information content (AvgIpc) is 2.72. The van der Waals surface area contributed by atoms with Crippen LogP contribution >= 0.6 is 0 Å². The predicted molar refractivity (Wildman–Crippen MR) is 57.3 cm³/mol. The molecule has 0 fully saturated rings. The van der Waals surface area contributed by atoms with E-state index in [2.05, 4.69) is 10.5 Å². The van der Waals surface area contributed by atoms with E-state index in [1.165, 1.54) is 12.1 Å². The molecule has 16 heavy (non-hydrogen) atoms. The molecule has 1 aliphatic rings. The number of halogens is 1. The van der Waals surface area contributed by atoms with Crippen molar-refractivity contribution in [3.05, 3.63) is 41.4 Å². The monoisotopic (exact) mass is 218 g/mol. The lowest BCUT2D eigenvalue weighted by atomic mass is 10.0. The first-order valence-electron chi connectivity index (χ1n) is 5.28. The van der Waals surface area contributed by atoms with Gasteiger partial charge in [0.1, 0.15) is 17.3 Å². The Morgan fingerprint density at radius 1 is 1.38 bits per heavy atom. The zero-order valence-corrected chi connectivity index (χ0v) is 8.66. The predicted octanol–water partition coefficient (Wildman–Crippen LogP) is 2.13. The van der Waals surface area contributed by atoms with Crippen molar-refractivity contribution in [3.63, 3.8) is 0 Å². The molecule has 3 rings (SSSR count). The van der Waals surface area contributed by atoms with E-state index in [9.17, 15) is 4.39 Å². The molecule has 1 aliphatic heterocycles. The lowest BCUT2D eigenvalue weighted by Crippen LogP contribution is -2.22. The Balaban J connectivity index is 2.09. The van der Waals surface area contributed by atoms with E-state index in [1.807, 2.05) is 6.07 Å². The topological polar surface area (TPSA) is 38.1 Å². The number of hydrogen-bond acceptors (Lipinski definition) is 3. The van der Waals surface area contributed by atoms with E-state index in [4.69, 9.17) is 4.52 Å². The Morgan fingerprint density at radius 2 is 2.31 bits per heavy atom. The summed E-state index contributed by atoms with van der Waals surface area (Å²) < 4.78 is 18.4. The second-order valence-corrected chi connectivity index (χ2v) is 3.87. The van der Waals surface area contributed by atoms with Gasteiger partial charge in [-0.2, -0.15) is 0 Å². The Bertz CT molecular complexity index is 521. The normalized spacial score (nSPS) is 14.8. The maximum absolute atomic E-state index is 13.1. The average molecular weight is 218 g/mol. The Kier molecular flexibility index (Phi) is 2.22. The molecule has 0 radical (unpaired) electrons. The molecular weight excluding hydrogens is 207 g/mol. The van der Waals surface area contributed by atoms with Gasteiger partial charge in [0.05, 0.1) is 0 Å². The van der Waals surface area contributed by atoms with Crippen LogP contribution in [0.4, 0.5) is 4.39 Å². The van der Waals surface area contributed by atoms with Gasteiger partial charge in [-0.15, -0.1) is 0 Å². The fourth-order valence-corrected chi connectivity index (χ4v) is 2.00. The van der Waals surface area contributed by atoms with Crippen LogP contribution in [0.3, 0.4) is 0 Å². The van der Waals surface area contributed by atoms with Gasteiger partial charge in [-0.25, -0.2) is 4.39 Å². The van der Waals surface area contributed by atoms with Crippen LogP contribution < -0.4 is 5.32 Å². The second kappa shape index (κ2) is 3.72. The van der Waals surface area contributed by atoms with E-state index in [0.717, 1.165) is 42.1 Å². The van der Waals surface area contributed by atoms with Crippen LogP contribution in [0, 0.1) is 5.82 Å². The van der Waals surface area contributed by atoms with E-state index in [0.29, 0.717) is 0 Å². The molecule has 0 unspecified atom stereocenters. The van der Waals surface area contributed by atoms with E-state index >= 15 is 0 Å². The van der Waals surface area contributed by atoms with Crippen molar-refractivity contribution in [2.45, 2.75) is 13.0 Å². The maximum atomic E-state index is 13.1. The van der Waals surface area contributed by atoms with Crippen molar-refractivity contribution in [1.29, 1.82) is 0 Å². The van der Waals surface area contributed by atoms with Crippen molar-refractivity contribution in [1.82, 2.24) is 10.5 Å². The third kappa shape index (κ3) is 1.51. The fourth-order valence-electron chi connectivity index (χ4n) is 2.00. The molecule has 3 nitrogen and oxygen atoms in total. The third-order valence-electron chi connectivity index (χ3n) is 2.80. The summed E-state index contributed by atoms with van der Waals surface area (Å²) in [6, 6.07) is 6.43. The van der Waals surface area contributed by atoms with Gasteiger partial charge >= 0.3 is 0 Å². The standard InChI is InChI=1S/C12H11FN2O/c13-9-3-1-2-8(6-9)12-10-7-14-5-4-11(10)16-15-12/h1-3,6,14H,4-5,7H2. The van der Waals surface area contributed by atoms with Crippen molar-refractivity contribution >= 4 is 0 Å². The molecule has 0 saturated heterocycles. The summed E-state index contributed by atoms with van der Waals surface area (Å²) in [6.07, 6.45) is 0.845. The van der Waals surface area contributed by atoms with Gasteiger partial charge in [0.25, 0.3) is 0 Å². The molecule has 4 heteroatoms. The second-order valence-electron chi connectivity index (χ2n) is 3.87. The molecule has 1 N–H and O–H groups in total. The van der Waals surface area contributed by atoms with Crippen molar-refractivity contribution in [2.24, 2.45) is 0 Å². The summed E-state index contributed by atoms with van der Waals surface area (Å²) in [4.78, 5) is 0. The van der Waals surface area contributed by atoms with E-state index in [1.54, 1.807) is 6.07 Å². The van der Waals surface area contributed by atoms with Crippen molar-refractivity contribution in [2.75, 3.05) is 6.54 Å². The third-order valence-corrected chi connectivity index (χ3v) is 2.80. The molecule has 0 spiro atoms. The van der Waals surface area contributed by atoms with Crippen LogP contribution in [0.5, 0.6) is 0 Å². The molecule has 82 valence electrons. The maximum Gasteiger partial charge on any atom is 0.143 e. The van der Waals surface area contributed by atoms with Gasteiger partial charge < -0.3 is 9.84 Å². The molecule has 2 aromatic rings. The van der Waals surface area contributed by atoms with Gasteiger partial charge in [0.2, 0.25) is 0 Å². The summed E-state index contributed by atoms with van der Waals surface area (Å²) in [7, 11) is 0. The quantitative estimate of drug-likeness (QED) is 0.796. The van der Waals surface area contributed by atoms with Crippen LogP contribution in [-0.2, 0) is 13.0 Å². The van der Waals surface area contributed by atoms with Crippen LogP contribution in [0.2, 0.25) is 0 Å². The highest BCUT2D eigenvalue weighted by molar-refractivity contribution is 5.63. The van der Waals surface area contributed by atoms with Crippen LogP contribution in [0.25, 0.3) is 11.3 Å². The largest absolute Gasteiger partial charge is 0.360 e. The Hall–Kier alpha value is -1.68. The Labute approximate surface area is 92.3 Å². The molecular formula is C12H11FN2O. The number of aromatic nitrogens is 1. The highest BCUT2D eigenvalue weighted by Crippen LogP contribution is 2.27. The molecule has 0 aliphatic carbocycles. The zero-order valence-electron chi connectivity index (χ0n) is 8.66. The highest BCUT2D eigenvalue weighted by Gasteiger charge is 2.20. The molecule has 0 bridgehead atoms. The van der Waals surface area contributed by atoms with Gasteiger partial charge in [-0.05, 0) is 12.1 Å². The van der Waals surface area contributed by atoms with Gasteiger partial charge in [0, 0.05) is 30.6 Å². The zero-order chi connectivity index (χ0) is 11.0. The number of fused-ring (bicyclic) bond motifs is 1. The lowest BCUT2D eigenvalue weighted by molar-refractivity contribution is 0.374. The molecule has 0 saturated carbocycles. The number of rotatable bonds is 1. The number of nitrogens with zero attached hydrogens (tertiary/aromatic N) is 1. The van der Waals surface area contributed by atoms with Crippen LogP contribution in [0.1, 0.15) is 11.3 Å². The smallest absolute Gasteiger partial charge is 0.143 e. The molecule has 1 aromatic heterocycles. The summed E-state index contributed by atoms with van der Waals surface area (Å²) in [5, 5.41) is 7.29. The highest BCUT2D eigenvalue weighted by atomic mass is 19.1. The summed E-state index contributed by atoms with van der Waals surface area (Å²) in [6.45, 7) is 1.65. The lowest BCUT2D eigenvalue weighted by Gasteiger charge is -2.11. The number of hydrogen-bond donors (Lipinski definition) is 1. The minimum atomic E-state index is -0.252. The summed E-state index contributed by atoms with van der Waals surface area (Å²) >= 11 is 0.